The summed E-state index contributed by atoms with van der Waals surface area (Å²) in [6, 6.07) is 11.5. The van der Waals surface area contributed by atoms with E-state index in [9.17, 15) is 14.7 Å². The number of carbonyl (C=O) groups is 2. The SMILES string of the molecule is COc1cc(C=C2C(=O)NC(=O)N2c2ccccc2)cc(Br)c1O. The van der Waals surface area contributed by atoms with Gasteiger partial charge < -0.3 is 9.84 Å². The second-order valence-electron chi connectivity index (χ2n) is 5.01. The van der Waals surface area contributed by atoms with Gasteiger partial charge in [-0.05, 0) is 51.8 Å². The lowest BCUT2D eigenvalue weighted by Crippen LogP contribution is -2.27. The number of benzene rings is 2. The van der Waals surface area contributed by atoms with Gasteiger partial charge in [0.25, 0.3) is 5.91 Å². The van der Waals surface area contributed by atoms with Crippen LogP contribution in [0.25, 0.3) is 6.08 Å². The number of aromatic hydroxyl groups is 1. The van der Waals surface area contributed by atoms with Crippen LogP contribution in [0.5, 0.6) is 11.5 Å². The van der Waals surface area contributed by atoms with Crippen molar-refractivity contribution < 1.29 is 19.4 Å². The Labute approximate surface area is 146 Å². The van der Waals surface area contributed by atoms with Gasteiger partial charge in [0, 0.05) is 0 Å². The van der Waals surface area contributed by atoms with Crippen molar-refractivity contribution in [2.75, 3.05) is 12.0 Å². The minimum atomic E-state index is -0.512. The first kappa shape index (κ1) is 16.1. The summed E-state index contributed by atoms with van der Waals surface area (Å²) in [4.78, 5) is 25.6. The van der Waals surface area contributed by atoms with Crippen molar-refractivity contribution in [1.82, 2.24) is 5.32 Å². The van der Waals surface area contributed by atoms with Crippen molar-refractivity contribution >= 4 is 39.6 Å². The standard InChI is InChI=1S/C17H13BrN2O4/c1-24-14-9-10(7-12(18)15(14)21)8-13-16(22)19-17(23)20(13)11-5-3-2-4-6-11/h2-9,21H,1H3,(H,19,22,23). The molecule has 2 aromatic carbocycles. The number of hydrogen-bond acceptors (Lipinski definition) is 4. The molecule has 24 heavy (non-hydrogen) atoms. The third-order valence-corrected chi connectivity index (χ3v) is 4.09. The van der Waals surface area contributed by atoms with E-state index in [2.05, 4.69) is 21.2 Å². The van der Waals surface area contributed by atoms with Crippen LogP contribution < -0.4 is 15.0 Å². The second kappa shape index (κ2) is 6.37. The highest BCUT2D eigenvalue weighted by Crippen LogP contribution is 2.36. The molecule has 3 amide bonds. The zero-order chi connectivity index (χ0) is 17.3. The molecule has 0 spiro atoms. The Morgan fingerprint density at radius 1 is 1.21 bits per heavy atom. The van der Waals surface area contributed by atoms with Gasteiger partial charge in [-0.15, -0.1) is 0 Å². The van der Waals surface area contributed by atoms with Crippen LogP contribution in [0, 0.1) is 0 Å². The van der Waals surface area contributed by atoms with E-state index >= 15 is 0 Å². The predicted molar refractivity (Wildman–Crippen MR) is 92.8 cm³/mol. The number of rotatable bonds is 3. The van der Waals surface area contributed by atoms with Gasteiger partial charge in [-0.3, -0.25) is 15.0 Å². The second-order valence-corrected chi connectivity index (χ2v) is 5.87. The largest absolute Gasteiger partial charge is 0.503 e. The monoisotopic (exact) mass is 388 g/mol. The van der Waals surface area contributed by atoms with Gasteiger partial charge >= 0.3 is 6.03 Å². The molecule has 0 aromatic heterocycles. The molecule has 0 bridgehead atoms. The number of phenolic OH excluding ortho intramolecular Hbond substituents is 1. The summed E-state index contributed by atoms with van der Waals surface area (Å²) in [5.41, 5.74) is 1.36. The Morgan fingerprint density at radius 2 is 1.92 bits per heavy atom. The normalized spacial score (nSPS) is 15.8. The van der Waals surface area contributed by atoms with Gasteiger partial charge in [0.15, 0.2) is 11.5 Å². The number of carbonyl (C=O) groups excluding carboxylic acids is 2. The zero-order valence-electron chi connectivity index (χ0n) is 12.6. The van der Waals surface area contributed by atoms with Gasteiger partial charge in [-0.25, -0.2) is 4.79 Å². The Morgan fingerprint density at radius 3 is 2.58 bits per heavy atom. The lowest BCUT2D eigenvalue weighted by atomic mass is 10.1. The van der Waals surface area contributed by atoms with E-state index in [1.165, 1.54) is 12.0 Å². The maximum atomic E-state index is 12.1. The zero-order valence-corrected chi connectivity index (χ0v) is 14.2. The quantitative estimate of drug-likeness (QED) is 0.624. The fraction of sp³-hybridized carbons (Fsp3) is 0.0588. The number of hydrogen-bond donors (Lipinski definition) is 2. The number of para-hydroxylation sites is 1. The van der Waals surface area contributed by atoms with E-state index in [-0.39, 0.29) is 17.2 Å². The molecule has 0 atom stereocenters. The molecule has 3 rings (SSSR count). The number of anilines is 1. The average molecular weight is 389 g/mol. The van der Waals surface area contributed by atoms with E-state index in [0.29, 0.717) is 15.7 Å². The van der Waals surface area contributed by atoms with Gasteiger partial charge in [0.05, 0.1) is 17.3 Å². The maximum Gasteiger partial charge on any atom is 0.333 e. The van der Waals surface area contributed by atoms with E-state index in [0.717, 1.165) is 0 Å². The van der Waals surface area contributed by atoms with E-state index < -0.39 is 11.9 Å². The van der Waals surface area contributed by atoms with Crippen molar-refractivity contribution in [3.05, 3.63) is 58.2 Å². The average Bonchev–Trinajstić information content (AvgIpc) is 2.85. The van der Waals surface area contributed by atoms with Gasteiger partial charge in [0.1, 0.15) is 5.70 Å². The number of urea groups is 1. The van der Waals surface area contributed by atoms with E-state index in [4.69, 9.17) is 4.74 Å². The molecule has 0 aliphatic carbocycles. The van der Waals surface area contributed by atoms with E-state index in [1.54, 1.807) is 42.5 Å². The molecule has 1 saturated heterocycles. The highest BCUT2D eigenvalue weighted by molar-refractivity contribution is 9.10. The molecule has 2 aromatic rings. The number of amides is 3. The fourth-order valence-electron chi connectivity index (χ4n) is 2.38. The first-order valence-corrected chi connectivity index (χ1v) is 7.79. The number of imide groups is 1. The lowest BCUT2D eigenvalue weighted by molar-refractivity contribution is -0.115. The molecule has 1 aliphatic rings. The summed E-state index contributed by atoms with van der Waals surface area (Å²) in [6.45, 7) is 0. The van der Waals surface area contributed by atoms with Crippen molar-refractivity contribution in [2.45, 2.75) is 0 Å². The maximum absolute atomic E-state index is 12.1. The van der Waals surface area contributed by atoms with Crippen LogP contribution in [0.4, 0.5) is 10.5 Å². The highest BCUT2D eigenvalue weighted by atomic mass is 79.9. The van der Waals surface area contributed by atoms with E-state index in [1.807, 2.05) is 6.07 Å². The lowest BCUT2D eigenvalue weighted by Gasteiger charge is -2.15. The molecular weight excluding hydrogens is 376 g/mol. The van der Waals surface area contributed by atoms with Crippen LogP contribution in [0.1, 0.15) is 5.56 Å². The number of nitrogens with one attached hydrogen (secondary N) is 1. The van der Waals surface area contributed by atoms with Crippen LogP contribution >= 0.6 is 15.9 Å². The van der Waals surface area contributed by atoms with Gasteiger partial charge in [-0.2, -0.15) is 0 Å². The van der Waals surface area contributed by atoms with Gasteiger partial charge in [-0.1, -0.05) is 18.2 Å². The van der Waals surface area contributed by atoms with Crippen molar-refractivity contribution in [3.63, 3.8) is 0 Å². The number of phenols is 1. The molecule has 6 nitrogen and oxygen atoms in total. The smallest absolute Gasteiger partial charge is 0.333 e. The molecule has 2 N–H and O–H groups in total. The molecule has 122 valence electrons. The van der Waals surface area contributed by atoms with Crippen LogP contribution in [0.3, 0.4) is 0 Å². The Hall–Kier alpha value is -2.80. The summed E-state index contributed by atoms with van der Waals surface area (Å²) in [7, 11) is 1.43. The molecular formula is C17H13BrN2O4. The van der Waals surface area contributed by atoms with Crippen molar-refractivity contribution in [1.29, 1.82) is 0 Å². The third-order valence-electron chi connectivity index (χ3n) is 3.49. The van der Waals surface area contributed by atoms with Gasteiger partial charge in [0.2, 0.25) is 0 Å². The van der Waals surface area contributed by atoms with Crippen molar-refractivity contribution in [2.24, 2.45) is 0 Å². The summed E-state index contributed by atoms with van der Waals surface area (Å²) in [5.74, 6) is -0.272. The summed E-state index contributed by atoms with van der Waals surface area (Å²) in [6.07, 6.45) is 1.56. The molecule has 0 unspecified atom stereocenters. The Bertz CT molecular complexity index is 849. The van der Waals surface area contributed by atoms with Crippen LogP contribution in [-0.2, 0) is 4.79 Å². The summed E-state index contributed by atoms with van der Waals surface area (Å²) < 4.78 is 5.52. The number of nitrogens with zero attached hydrogens (tertiary/aromatic N) is 1. The molecule has 0 saturated carbocycles. The van der Waals surface area contributed by atoms with Crippen molar-refractivity contribution in [3.8, 4) is 11.5 Å². The highest BCUT2D eigenvalue weighted by Gasteiger charge is 2.34. The number of ether oxygens (including phenoxy) is 1. The third kappa shape index (κ3) is 2.85. The summed E-state index contributed by atoms with van der Waals surface area (Å²) in [5, 5.41) is 12.1. The number of halogens is 1. The first-order valence-electron chi connectivity index (χ1n) is 7.00. The summed E-state index contributed by atoms with van der Waals surface area (Å²) >= 11 is 3.23. The minimum Gasteiger partial charge on any atom is -0.503 e. The molecule has 1 heterocycles. The fourth-order valence-corrected chi connectivity index (χ4v) is 2.84. The predicted octanol–water partition coefficient (Wildman–Crippen LogP) is 3.26. The van der Waals surface area contributed by atoms with Crippen LogP contribution in [0.15, 0.2) is 52.6 Å². The molecule has 1 aliphatic heterocycles. The minimum absolute atomic E-state index is 0.0356. The van der Waals surface area contributed by atoms with Crippen LogP contribution in [-0.4, -0.2) is 24.2 Å². The number of methoxy groups -OCH3 is 1. The first-order chi connectivity index (χ1) is 11.5. The molecule has 0 radical (unpaired) electrons. The van der Waals surface area contributed by atoms with Crippen LogP contribution in [0.2, 0.25) is 0 Å². The topological polar surface area (TPSA) is 78.9 Å². The Kier molecular flexibility index (Phi) is 4.26. The molecule has 1 fully saturated rings. The molecule has 7 heteroatoms. The Balaban J connectivity index is 2.09.